The molecule has 0 heterocycles. The van der Waals surface area contributed by atoms with Crippen molar-refractivity contribution in [3.05, 3.63) is 0 Å². The average molecular weight is 240 g/mol. The molecule has 2 heteroatoms. The van der Waals surface area contributed by atoms with E-state index in [1.165, 1.54) is 32.5 Å². The quantitative estimate of drug-likeness (QED) is 0.666. The third kappa shape index (κ3) is 7.05. The van der Waals surface area contributed by atoms with Gasteiger partial charge in [-0.15, -0.1) is 0 Å². The van der Waals surface area contributed by atoms with Crippen molar-refractivity contribution in [2.24, 2.45) is 17.8 Å². The van der Waals surface area contributed by atoms with Gasteiger partial charge < -0.3 is 5.32 Å². The lowest BCUT2D eigenvalue weighted by Gasteiger charge is -2.27. The van der Waals surface area contributed by atoms with Crippen LogP contribution in [0.15, 0.2) is 0 Å². The summed E-state index contributed by atoms with van der Waals surface area (Å²) in [4.78, 5) is 2.71. The van der Waals surface area contributed by atoms with Crippen LogP contribution < -0.4 is 5.32 Å². The van der Waals surface area contributed by atoms with Crippen LogP contribution in [0.4, 0.5) is 0 Å². The van der Waals surface area contributed by atoms with Crippen molar-refractivity contribution in [2.75, 3.05) is 26.2 Å². The summed E-state index contributed by atoms with van der Waals surface area (Å²) >= 11 is 0. The summed E-state index contributed by atoms with van der Waals surface area (Å²) in [7, 11) is 0. The molecule has 1 unspecified atom stereocenters. The lowest BCUT2D eigenvalue weighted by atomic mass is 10.1. The zero-order chi connectivity index (χ0) is 12.8. The van der Waals surface area contributed by atoms with Crippen molar-refractivity contribution >= 4 is 0 Å². The highest BCUT2D eigenvalue weighted by Gasteiger charge is 2.29. The minimum absolute atomic E-state index is 0.761. The van der Waals surface area contributed by atoms with Crippen LogP contribution in [0.5, 0.6) is 0 Å². The molecule has 0 bridgehead atoms. The first-order chi connectivity index (χ1) is 7.99. The number of nitrogens with zero attached hydrogens (tertiary/aromatic N) is 1. The lowest BCUT2D eigenvalue weighted by Crippen LogP contribution is -2.37. The van der Waals surface area contributed by atoms with E-state index in [9.17, 15) is 0 Å². The van der Waals surface area contributed by atoms with Gasteiger partial charge in [0.1, 0.15) is 0 Å². The summed E-state index contributed by atoms with van der Waals surface area (Å²) < 4.78 is 0. The molecule has 1 N–H and O–H groups in total. The molecule has 0 spiro atoms. The van der Waals surface area contributed by atoms with Crippen molar-refractivity contribution in [3.8, 4) is 0 Å². The largest absolute Gasteiger partial charge is 0.316 e. The summed E-state index contributed by atoms with van der Waals surface area (Å²) in [6, 6.07) is 0.907. The Morgan fingerprint density at radius 1 is 0.941 bits per heavy atom. The van der Waals surface area contributed by atoms with Gasteiger partial charge in [0.25, 0.3) is 0 Å². The highest BCUT2D eigenvalue weighted by molar-refractivity contribution is 4.85. The standard InChI is InChI=1S/C15H32N2/c1-12(2)8-16-9-14(5)11-17(10-13(3)4)15-6-7-15/h12-16H,6-11H2,1-5H3. The van der Waals surface area contributed by atoms with E-state index in [0.29, 0.717) is 0 Å². The molecule has 0 saturated heterocycles. The van der Waals surface area contributed by atoms with Gasteiger partial charge in [0.15, 0.2) is 0 Å². The van der Waals surface area contributed by atoms with Gasteiger partial charge in [0.05, 0.1) is 0 Å². The van der Waals surface area contributed by atoms with E-state index in [2.05, 4.69) is 44.8 Å². The fourth-order valence-electron chi connectivity index (χ4n) is 2.36. The molecule has 0 aromatic heterocycles. The van der Waals surface area contributed by atoms with Crippen molar-refractivity contribution in [3.63, 3.8) is 0 Å². The summed E-state index contributed by atoms with van der Waals surface area (Å²) in [6.45, 7) is 16.4. The monoisotopic (exact) mass is 240 g/mol. The van der Waals surface area contributed by atoms with Gasteiger partial charge >= 0.3 is 0 Å². The van der Waals surface area contributed by atoms with Gasteiger partial charge in [0, 0.05) is 19.1 Å². The third-order valence-electron chi connectivity index (χ3n) is 3.25. The summed E-state index contributed by atoms with van der Waals surface area (Å²) in [5.41, 5.74) is 0. The topological polar surface area (TPSA) is 15.3 Å². The first kappa shape index (κ1) is 15.0. The molecule has 0 aliphatic heterocycles. The second-order valence-corrected chi connectivity index (χ2v) is 6.74. The fraction of sp³-hybridized carbons (Fsp3) is 1.00. The van der Waals surface area contributed by atoms with Crippen molar-refractivity contribution < 1.29 is 0 Å². The number of rotatable bonds is 9. The summed E-state index contributed by atoms with van der Waals surface area (Å²) in [5, 5.41) is 3.58. The van der Waals surface area contributed by atoms with Crippen LogP contribution in [0.2, 0.25) is 0 Å². The van der Waals surface area contributed by atoms with E-state index in [0.717, 1.165) is 30.3 Å². The van der Waals surface area contributed by atoms with E-state index in [1.807, 2.05) is 0 Å². The van der Waals surface area contributed by atoms with Gasteiger partial charge in [0.2, 0.25) is 0 Å². The Morgan fingerprint density at radius 3 is 2.06 bits per heavy atom. The second kappa shape index (κ2) is 7.38. The maximum atomic E-state index is 3.58. The third-order valence-corrected chi connectivity index (χ3v) is 3.25. The molecule has 17 heavy (non-hydrogen) atoms. The maximum Gasteiger partial charge on any atom is 0.00966 e. The molecule has 1 aliphatic rings. The Hall–Kier alpha value is -0.0800. The fourth-order valence-corrected chi connectivity index (χ4v) is 2.36. The molecular formula is C15H32N2. The molecule has 1 rings (SSSR count). The van der Waals surface area contributed by atoms with Gasteiger partial charge in [-0.2, -0.15) is 0 Å². The smallest absolute Gasteiger partial charge is 0.00966 e. The molecule has 1 saturated carbocycles. The zero-order valence-electron chi connectivity index (χ0n) is 12.5. The Kier molecular flexibility index (Phi) is 6.50. The summed E-state index contributed by atoms with van der Waals surface area (Å²) in [5.74, 6) is 2.33. The first-order valence-corrected chi connectivity index (χ1v) is 7.43. The van der Waals surface area contributed by atoms with Crippen molar-refractivity contribution in [2.45, 2.75) is 53.5 Å². The summed E-state index contributed by atoms with van der Waals surface area (Å²) in [6.07, 6.45) is 2.86. The molecule has 0 aromatic carbocycles. The van der Waals surface area contributed by atoms with Crippen molar-refractivity contribution in [1.29, 1.82) is 0 Å². The maximum absolute atomic E-state index is 3.58. The van der Waals surface area contributed by atoms with Crippen LogP contribution in [-0.2, 0) is 0 Å². The van der Waals surface area contributed by atoms with Crippen molar-refractivity contribution in [1.82, 2.24) is 10.2 Å². The van der Waals surface area contributed by atoms with E-state index in [-0.39, 0.29) is 0 Å². The first-order valence-electron chi connectivity index (χ1n) is 7.43. The second-order valence-electron chi connectivity index (χ2n) is 6.74. The molecule has 2 nitrogen and oxygen atoms in total. The molecule has 0 amide bonds. The average Bonchev–Trinajstić information content (AvgIpc) is 2.98. The molecule has 0 aromatic rings. The van der Waals surface area contributed by atoms with Gasteiger partial charge in [-0.05, 0) is 43.7 Å². The minimum atomic E-state index is 0.761. The van der Waals surface area contributed by atoms with Crippen LogP contribution in [0.3, 0.4) is 0 Å². The Morgan fingerprint density at radius 2 is 1.59 bits per heavy atom. The predicted molar refractivity (Wildman–Crippen MR) is 76.3 cm³/mol. The van der Waals surface area contributed by atoms with Crippen LogP contribution >= 0.6 is 0 Å². The Bertz CT molecular complexity index is 197. The Balaban J connectivity index is 2.19. The van der Waals surface area contributed by atoms with Gasteiger partial charge in [-0.3, -0.25) is 4.90 Å². The molecule has 0 radical (unpaired) electrons. The molecule has 1 fully saturated rings. The van der Waals surface area contributed by atoms with Crippen LogP contribution in [0.25, 0.3) is 0 Å². The van der Waals surface area contributed by atoms with E-state index >= 15 is 0 Å². The zero-order valence-corrected chi connectivity index (χ0v) is 12.5. The van der Waals surface area contributed by atoms with Gasteiger partial charge in [-0.1, -0.05) is 34.6 Å². The molecule has 102 valence electrons. The highest BCUT2D eigenvalue weighted by atomic mass is 15.2. The highest BCUT2D eigenvalue weighted by Crippen LogP contribution is 2.28. The molecule has 1 aliphatic carbocycles. The molecule has 1 atom stereocenters. The van der Waals surface area contributed by atoms with Crippen LogP contribution in [-0.4, -0.2) is 37.1 Å². The molecular weight excluding hydrogens is 208 g/mol. The SMILES string of the molecule is CC(C)CNCC(C)CN(CC(C)C)C1CC1. The number of nitrogens with one attached hydrogen (secondary N) is 1. The minimum Gasteiger partial charge on any atom is -0.316 e. The lowest BCUT2D eigenvalue weighted by molar-refractivity contribution is 0.202. The predicted octanol–water partition coefficient (Wildman–Crippen LogP) is 2.99. The number of hydrogen-bond donors (Lipinski definition) is 1. The van der Waals surface area contributed by atoms with E-state index < -0.39 is 0 Å². The Labute approximate surface area is 108 Å². The number of hydrogen-bond acceptors (Lipinski definition) is 2. The van der Waals surface area contributed by atoms with Gasteiger partial charge in [-0.25, -0.2) is 0 Å². The van der Waals surface area contributed by atoms with Crippen LogP contribution in [0.1, 0.15) is 47.5 Å². The van der Waals surface area contributed by atoms with Crippen LogP contribution in [0, 0.1) is 17.8 Å². The normalized spacial score (nSPS) is 18.4. The van der Waals surface area contributed by atoms with E-state index in [4.69, 9.17) is 0 Å². The van der Waals surface area contributed by atoms with E-state index in [1.54, 1.807) is 0 Å².